The smallest absolute Gasteiger partial charge is 0.245 e. The molecule has 2 rings (SSSR count). The minimum atomic E-state index is -0.769. The second-order valence-corrected chi connectivity index (χ2v) is 4.23. The van der Waals surface area contributed by atoms with Gasteiger partial charge >= 0.3 is 0 Å². The summed E-state index contributed by atoms with van der Waals surface area (Å²) in [6.45, 7) is 0. The van der Waals surface area contributed by atoms with E-state index >= 15 is 0 Å². The van der Waals surface area contributed by atoms with Crippen LogP contribution in [0.1, 0.15) is 12.8 Å². The van der Waals surface area contributed by atoms with Gasteiger partial charge in [0, 0.05) is 5.92 Å². The first kappa shape index (κ1) is 9.93. The standard InChI is InChI=1S/C8H9Cl2N3O/c9-6-4(3-1-2-3)12-5(8(11)14)7(10)13-6/h3,5,7H,1-2H2,(H2,11,14). The third kappa shape index (κ3) is 1.77. The minimum absolute atomic E-state index is 0.324. The predicted octanol–water partition coefficient (Wildman–Crippen LogP) is 0.907. The number of alkyl halides is 1. The zero-order valence-corrected chi connectivity index (χ0v) is 8.79. The molecule has 0 saturated heterocycles. The SMILES string of the molecule is NC(=O)C1N=C(C2CC2)C(Cl)=NC1Cl. The molecule has 0 spiro atoms. The van der Waals surface area contributed by atoms with Gasteiger partial charge in [-0.05, 0) is 12.8 Å². The van der Waals surface area contributed by atoms with Crippen molar-refractivity contribution in [1.82, 2.24) is 0 Å². The van der Waals surface area contributed by atoms with Gasteiger partial charge in [0.15, 0.2) is 11.5 Å². The van der Waals surface area contributed by atoms with Gasteiger partial charge in [-0.3, -0.25) is 9.79 Å². The molecule has 1 aliphatic heterocycles. The third-order valence-corrected chi connectivity index (χ3v) is 2.87. The van der Waals surface area contributed by atoms with E-state index in [1.54, 1.807) is 0 Å². The van der Waals surface area contributed by atoms with Gasteiger partial charge in [0.25, 0.3) is 0 Å². The average molecular weight is 234 g/mol. The monoisotopic (exact) mass is 233 g/mol. The van der Waals surface area contributed by atoms with E-state index in [0.29, 0.717) is 16.8 Å². The number of nitrogens with two attached hydrogens (primary N) is 1. The van der Waals surface area contributed by atoms with Crippen LogP contribution >= 0.6 is 23.2 Å². The van der Waals surface area contributed by atoms with Crippen LogP contribution in [0.4, 0.5) is 0 Å². The molecule has 1 heterocycles. The Morgan fingerprint density at radius 2 is 2.07 bits per heavy atom. The lowest BCUT2D eigenvalue weighted by atomic mass is 10.2. The summed E-state index contributed by atoms with van der Waals surface area (Å²) in [4.78, 5) is 19.1. The molecule has 0 aromatic carbocycles. The Morgan fingerprint density at radius 1 is 1.43 bits per heavy atom. The molecule has 2 aliphatic rings. The molecule has 1 fully saturated rings. The van der Waals surface area contributed by atoms with Gasteiger partial charge in [0.05, 0.1) is 5.71 Å². The molecule has 1 amide bonds. The van der Waals surface area contributed by atoms with Crippen LogP contribution < -0.4 is 5.73 Å². The van der Waals surface area contributed by atoms with Gasteiger partial charge < -0.3 is 5.73 Å². The van der Waals surface area contributed by atoms with Gasteiger partial charge in [-0.25, -0.2) is 4.99 Å². The second kappa shape index (κ2) is 3.51. The fraction of sp³-hybridized carbons (Fsp3) is 0.625. The average Bonchev–Trinajstić information content (AvgIpc) is 2.86. The predicted molar refractivity (Wildman–Crippen MR) is 56.1 cm³/mol. The number of primary amides is 1. The van der Waals surface area contributed by atoms with Crippen molar-refractivity contribution in [3.8, 4) is 0 Å². The number of amides is 1. The highest BCUT2D eigenvalue weighted by Gasteiger charge is 2.36. The number of nitrogens with zero attached hydrogens (tertiary/aromatic N) is 2. The molecule has 2 unspecified atom stereocenters. The van der Waals surface area contributed by atoms with Gasteiger partial charge in [0.1, 0.15) is 5.17 Å². The molecule has 1 aliphatic carbocycles. The number of halogens is 2. The third-order valence-electron chi connectivity index (χ3n) is 2.24. The Hall–Kier alpha value is -0.610. The van der Waals surface area contributed by atoms with Crippen LogP contribution in [0.5, 0.6) is 0 Å². The van der Waals surface area contributed by atoms with Crippen molar-refractivity contribution in [2.45, 2.75) is 24.4 Å². The summed E-state index contributed by atoms with van der Waals surface area (Å²) < 4.78 is 0. The zero-order valence-electron chi connectivity index (χ0n) is 7.28. The Kier molecular flexibility index (Phi) is 2.49. The van der Waals surface area contributed by atoms with Gasteiger partial charge in [-0.1, -0.05) is 23.2 Å². The molecule has 1 saturated carbocycles. The Labute approximate surface area is 91.2 Å². The van der Waals surface area contributed by atoms with E-state index in [0.717, 1.165) is 12.8 Å². The van der Waals surface area contributed by atoms with Crippen LogP contribution in [0.25, 0.3) is 0 Å². The summed E-state index contributed by atoms with van der Waals surface area (Å²) in [7, 11) is 0. The van der Waals surface area contributed by atoms with E-state index in [4.69, 9.17) is 28.9 Å². The topological polar surface area (TPSA) is 67.8 Å². The number of aliphatic imine (C=N–C) groups is 2. The highest BCUT2D eigenvalue weighted by atomic mass is 35.5. The Balaban J connectivity index is 2.26. The molecule has 6 heteroatoms. The van der Waals surface area contributed by atoms with Gasteiger partial charge in [-0.15, -0.1) is 0 Å². The van der Waals surface area contributed by atoms with Crippen molar-refractivity contribution < 1.29 is 4.79 Å². The Bertz CT molecular complexity index is 335. The molecule has 0 aromatic rings. The fourth-order valence-electron chi connectivity index (χ4n) is 1.34. The number of carbonyl (C=O) groups is 1. The lowest BCUT2D eigenvalue weighted by Crippen LogP contribution is -2.39. The molecule has 2 N–H and O–H groups in total. The van der Waals surface area contributed by atoms with Crippen molar-refractivity contribution in [3.05, 3.63) is 0 Å². The molecular weight excluding hydrogens is 225 g/mol. The maximum atomic E-state index is 11.0. The summed E-state index contributed by atoms with van der Waals surface area (Å²) in [5.74, 6) is -0.215. The van der Waals surface area contributed by atoms with Crippen molar-refractivity contribution >= 4 is 40.0 Å². The molecular formula is C8H9Cl2N3O. The van der Waals surface area contributed by atoms with E-state index in [9.17, 15) is 4.79 Å². The maximum absolute atomic E-state index is 11.0. The van der Waals surface area contributed by atoms with E-state index in [-0.39, 0.29) is 0 Å². The number of hydrogen-bond acceptors (Lipinski definition) is 3. The van der Waals surface area contributed by atoms with E-state index < -0.39 is 17.5 Å². The first-order valence-electron chi connectivity index (χ1n) is 4.34. The fourth-order valence-corrected chi connectivity index (χ4v) is 1.98. The first-order chi connectivity index (χ1) is 6.59. The molecule has 0 bridgehead atoms. The van der Waals surface area contributed by atoms with Gasteiger partial charge in [0.2, 0.25) is 5.91 Å². The van der Waals surface area contributed by atoms with Crippen molar-refractivity contribution in [1.29, 1.82) is 0 Å². The van der Waals surface area contributed by atoms with Crippen LogP contribution in [-0.4, -0.2) is 28.3 Å². The van der Waals surface area contributed by atoms with E-state index in [2.05, 4.69) is 9.98 Å². The summed E-state index contributed by atoms with van der Waals surface area (Å²) in [5, 5.41) is 0.324. The highest BCUT2D eigenvalue weighted by Crippen LogP contribution is 2.34. The van der Waals surface area contributed by atoms with E-state index in [1.807, 2.05) is 0 Å². The maximum Gasteiger partial charge on any atom is 0.245 e. The molecule has 76 valence electrons. The Morgan fingerprint density at radius 3 is 2.57 bits per heavy atom. The van der Waals surface area contributed by atoms with Crippen molar-refractivity contribution in [3.63, 3.8) is 0 Å². The van der Waals surface area contributed by atoms with Gasteiger partial charge in [-0.2, -0.15) is 0 Å². The normalized spacial score (nSPS) is 32.1. The van der Waals surface area contributed by atoms with Crippen LogP contribution in [0.3, 0.4) is 0 Å². The molecule has 2 atom stereocenters. The number of carbonyl (C=O) groups excluding carboxylic acids is 1. The van der Waals surface area contributed by atoms with Crippen molar-refractivity contribution in [2.24, 2.45) is 21.6 Å². The molecule has 14 heavy (non-hydrogen) atoms. The quantitative estimate of drug-likeness (QED) is 0.559. The number of rotatable bonds is 2. The summed E-state index contributed by atoms with van der Waals surface area (Å²) >= 11 is 11.6. The van der Waals surface area contributed by atoms with E-state index in [1.165, 1.54) is 0 Å². The summed E-state index contributed by atoms with van der Waals surface area (Å²) in [6.07, 6.45) is 2.09. The highest BCUT2D eigenvalue weighted by molar-refractivity contribution is 6.84. The van der Waals surface area contributed by atoms with Crippen LogP contribution in [0, 0.1) is 5.92 Å². The molecule has 4 nitrogen and oxygen atoms in total. The van der Waals surface area contributed by atoms with Crippen LogP contribution in [0.2, 0.25) is 0 Å². The molecule has 0 aromatic heterocycles. The van der Waals surface area contributed by atoms with Crippen LogP contribution in [0.15, 0.2) is 9.98 Å². The minimum Gasteiger partial charge on any atom is -0.368 e. The first-order valence-corrected chi connectivity index (χ1v) is 5.16. The zero-order chi connectivity index (χ0) is 10.3. The second-order valence-electron chi connectivity index (χ2n) is 3.43. The van der Waals surface area contributed by atoms with Crippen LogP contribution in [-0.2, 0) is 4.79 Å². The van der Waals surface area contributed by atoms with Crippen molar-refractivity contribution in [2.75, 3.05) is 0 Å². The largest absolute Gasteiger partial charge is 0.368 e. The lowest BCUT2D eigenvalue weighted by Gasteiger charge is -2.19. The number of hydrogen-bond donors (Lipinski definition) is 1. The molecule has 0 radical (unpaired) electrons. The summed E-state index contributed by atoms with van der Waals surface area (Å²) in [5.41, 5.74) is 5.07. The summed E-state index contributed by atoms with van der Waals surface area (Å²) in [6, 6.07) is -0.769. The lowest BCUT2D eigenvalue weighted by molar-refractivity contribution is -0.119.